The number of nitrogens with one attached hydrogen (secondary N) is 1. The molecule has 2 fully saturated rings. The zero-order valence-corrected chi connectivity index (χ0v) is 16.9. The molecular weight excluding hydrogens is 382 g/mol. The standard InChI is InChI=1S/C19H25N3O5S/c1-19(10-8-14-6-4-3-5-7-14)17(24)22(18(25)20-19)12-16(23)21(2)15-9-11-28(26,27)13-15/h3-7,15H,8-13H2,1-2H3,(H,20,25)/t15-,19+/m1/s1. The third-order valence-corrected chi connectivity index (χ3v) is 7.29. The average Bonchev–Trinajstić information content (AvgIpc) is 3.12. The van der Waals surface area contributed by atoms with Crippen molar-refractivity contribution >= 4 is 27.7 Å². The minimum atomic E-state index is -3.13. The Bertz CT molecular complexity index is 886. The van der Waals surface area contributed by atoms with E-state index in [1.165, 1.54) is 11.9 Å². The highest BCUT2D eigenvalue weighted by molar-refractivity contribution is 7.91. The summed E-state index contributed by atoms with van der Waals surface area (Å²) < 4.78 is 23.2. The molecule has 2 heterocycles. The summed E-state index contributed by atoms with van der Waals surface area (Å²) in [6, 6.07) is 8.64. The zero-order valence-electron chi connectivity index (χ0n) is 16.1. The topological polar surface area (TPSA) is 104 Å². The number of rotatable bonds is 6. The minimum absolute atomic E-state index is 0.0516. The lowest BCUT2D eigenvalue weighted by atomic mass is 9.93. The second kappa shape index (κ2) is 7.54. The molecule has 1 aromatic carbocycles. The molecule has 0 unspecified atom stereocenters. The van der Waals surface area contributed by atoms with Gasteiger partial charge < -0.3 is 10.2 Å². The van der Waals surface area contributed by atoms with Gasteiger partial charge in [0.15, 0.2) is 9.84 Å². The summed E-state index contributed by atoms with van der Waals surface area (Å²) >= 11 is 0. The maximum Gasteiger partial charge on any atom is 0.325 e. The predicted octanol–water partition coefficient (Wildman–Crippen LogP) is 0.575. The summed E-state index contributed by atoms with van der Waals surface area (Å²) in [5.74, 6) is -0.910. The van der Waals surface area contributed by atoms with E-state index in [1.54, 1.807) is 6.92 Å². The highest BCUT2D eigenvalue weighted by Gasteiger charge is 2.48. The third-order valence-electron chi connectivity index (χ3n) is 5.54. The second-order valence-corrected chi connectivity index (χ2v) is 9.93. The van der Waals surface area contributed by atoms with Crippen molar-refractivity contribution in [2.75, 3.05) is 25.1 Å². The van der Waals surface area contributed by atoms with Crippen LogP contribution < -0.4 is 5.32 Å². The van der Waals surface area contributed by atoms with Crippen LogP contribution in [0.15, 0.2) is 30.3 Å². The quantitative estimate of drug-likeness (QED) is 0.695. The Morgan fingerprint density at radius 3 is 2.57 bits per heavy atom. The van der Waals surface area contributed by atoms with Gasteiger partial charge in [0.2, 0.25) is 5.91 Å². The van der Waals surface area contributed by atoms with Gasteiger partial charge in [0, 0.05) is 13.1 Å². The van der Waals surface area contributed by atoms with Gasteiger partial charge in [-0.05, 0) is 31.7 Å². The van der Waals surface area contributed by atoms with Crippen LogP contribution in [0.4, 0.5) is 4.79 Å². The molecule has 4 amide bonds. The van der Waals surface area contributed by atoms with Crippen LogP contribution in [0.3, 0.4) is 0 Å². The van der Waals surface area contributed by atoms with Crippen LogP contribution in [0.5, 0.6) is 0 Å². The Hall–Kier alpha value is -2.42. The molecule has 8 nitrogen and oxygen atoms in total. The lowest BCUT2D eigenvalue weighted by molar-refractivity contribution is -0.139. The lowest BCUT2D eigenvalue weighted by Crippen LogP contribution is -2.47. The fourth-order valence-electron chi connectivity index (χ4n) is 3.63. The molecule has 2 aliphatic heterocycles. The van der Waals surface area contributed by atoms with E-state index < -0.39 is 45.8 Å². The van der Waals surface area contributed by atoms with Gasteiger partial charge in [-0.2, -0.15) is 0 Å². The molecule has 0 aromatic heterocycles. The normalized spacial score (nSPS) is 26.4. The number of hydrogen-bond acceptors (Lipinski definition) is 5. The first kappa shape index (κ1) is 20.3. The van der Waals surface area contributed by atoms with E-state index in [-0.39, 0.29) is 11.5 Å². The van der Waals surface area contributed by atoms with Crippen molar-refractivity contribution in [1.29, 1.82) is 0 Å². The average molecular weight is 407 g/mol. The van der Waals surface area contributed by atoms with Gasteiger partial charge in [-0.15, -0.1) is 0 Å². The molecule has 28 heavy (non-hydrogen) atoms. The monoisotopic (exact) mass is 407 g/mol. The van der Waals surface area contributed by atoms with Gasteiger partial charge in [-0.25, -0.2) is 13.2 Å². The summed E-state index contributed by atoms with van der Waals surface area (Å²) in [4.78, 5) is 39.9. The number of aryl methyl sites for hydroxylation is 1. The number of amides is 4. The summed E-state index contributed by atoms with van der Waals surface area (Å²) in [5.41, 5.74) is -0.00914. The Morgan fingerprint density at radius 1 is 1.29 bits per heavy atom. The highest BCUT2D eigenvalue weighted by atomic mass is 32.2. The van der Waals surface area contributed by atoms with E-state index in [2.05, 4.69) is 5.32 Å². The molecule has 3 rings (SSSR count). The molecule has 0 radical (unpaired) electrons. The van der Waals surface area contributed by atoms with Crippen LogP contribution in [-0.2, 0) is 25.8 Å². The molecule has 9 heteroatoms. The number of benzene rings is 1. The first-order valence-electron chi connectivity index (χ1n) is 9.25. The molecule has 0 aliphatic carbocycles. The molecule has 1 N–H and O–H groups in total. The number of nitrogens with zero attached hydrogens (tertiary/aromatic N) is 2. The minimum Gasteiger partial charge on any atom is -0.340 e. The SMILES string of the molecule is CN(C(=O)CN1C(=O)N[C@@](C)(CCc2ccccc2)C1=O)[C@@H]1CCS(=O)(=O)C1. The van der Waals surface area contributed by atoms with E-state index in [4.69, 9.17) is 0 Å². The number of carbonyl (C=O) groups is 3. The molecule has 1 aromatic rings. The molecule has 2 aliphatic rings. The van der Waals surface area contributed by atoms with Gasteiger partial charge in [-0.3, -0.25) is 14.5 Å². The Labute approximate surface area is 164 Å². The van der Waals surface area contributed by atoms with E-state index in [0.717, 1.165) is 10.5 Å². The fraction of sp³-hybridized carbons (Fsp3) is 0.526. The van der Waals surface area contributed by atoms with Gasteiger partial charge in [-0.1, -0.05) is 30.3 Å². The number of urea groups is 1. The van der Waals surface area contributed by atoms with Crippen LogP contribution in [0.25, 0.3) is 0 Å². The Kier molecular flexibility index (Phi) is 5.47. The smallest absolute Gasteiger partial charge is 0.325 e. The Balaban J connectivity index is 1.62. The van der Waals surface area contributed by atoms with Gasteiger partial charge in [0.25, 0.3) is 5.91 Å². The van der Waals surface area contributed by atoms with E-state index in [1.807, 2.05) is 30.3 Å². The van der Waals surface area contributed by atoms with Crippen LogP contribution in [0, 0.1) is 0 Å². The summed E-state index contributed by atoms with van der Waals surface area (Å²) in [6.07, 6.45) is 1.41. The van der Waals surface area contributed by atoms with Crippen molar-refractivity contribution in [3.63, 3.8) is 0 Å². The van der Waals surface area contributed by atoms with Gasteiger partial charge in [0.05, 0.1) is 11.5 Å². The number of imide groups is 1. The second-order valence-electron chi connectivity index (χ2n) is 7.70. The largest absolute Gasteiger partial charge is 0.340 e. The maximum atomic E-state index is 12.8. The molecule has 0 spiro atoms. The number of hydrogen-bond donors (Lipinski definition) is 1. The van der Waals surface area contributed by atoms with E-state index in [9.17, 15) is 22.8 Å². The van der Waals surface area contributed by atoms with Crippen molar-refractivity contribution in [3.8, 4) is 0 Å². The molecule has 2 atom stereocenters. The summed E-state index contributed by atoms with van der Waals surface area (Å²) in [7, 11) is -1.61. The number of likely N-dealkylation sites (N-methyl/N-ethyl adjacent to an activating group) is 1. The highest BCUT2D eigenvalue weighted by Crippen LogP contribution is 2.24. The molecule has 0 saturated carbocycles. The number of carbonyl (C=O) groups excluding carboxylic acids is 3. The van der Waals surface area contributed by atoms with Crippen molar-refractivity contribution in [3.05, 3.63) is 35.9 Å². The maximum absolute atomic E-state index is 12.8. The molecule has 152 valence electrons. The van der Waals surface area contributed by atoms with Crippen LogP contribution >= 0.6 is 0 Å². The summed E-state index contributed by atoms with van der Waals surface area (Å²) in [6.45, 7) is 1.27. The van der Waals surface area contributed by atoms with Crippen LogP contribution in [0.1, 0.15) is 25.3 Å². The van der Waals surface area contributed by atoms with Crippen molar-refractivity contribution in [2.24, 2.45) is 0 Å². The van der Waals surface area contributed by atoms with Gasteiger partial charge >= 0.3 is 6.03 Å². The number of sulfone groups is 1. The molecule has 0 bridgehead atoms. The fourth-order valence-corrected chi connectivity index (χ4v) is 5.40. The van der Waals surface area contributed by atoms with Crippen LogP contribution in [0.2, 0.25) is 0 Å². The van der Waals surface area contributed by atoms with E-state index in [0.29, 0.717) is 19.3 Å². The van der Waals surface area contributed by atoms with Crippen molar-refractivity contribution in [2.45, 2.75) is 37.8 Å². The summed E-state index contributed by atoms with van der Waals surface area (Å²) in [5, 5.41) is 2.70. The zero-order chi connectivity index (χ0) is 20.5. The predicted molar refractivity (Wildman–Crippen MR) is 103 cm³/mol. The lowest BCUT2D eigenvalue weighted by Gasteiger charge is -2.26. The Morgan fingerprint density at radius 2 is 1.96 bits per heavy atom. The molecular formula is C19H25N3O5S. The first-order valence-corrected chi connectivity index (χ1v) is 11.1. The first-order chi connectivity index (χ1) is 13.1. The third kappa shape index (κ3) is 4.19. The van der Waals surface area contributed by atoms with E-state index >= 15 is 0 Å². The van der Waals surface area contributed by atoms with Crippen LogP contribution in [-0.4, -0.2) is 72.7 Å². The van der Waals surface area contributed by atoms with Crippen molar-refractivity contribution in [1.82, 2.24) is 15.1 Å². The van der Waals surface area contributed by atoms with Gasteiger partial charge in [0.1, 0.15) is 12.1 Å². The van der Waals surface area contributed by atoms with Crippen molar-refractivity contribution < 1.29 is 22.8 Å². The molecule has 2 saturated heterocycles.